The van der Waals surface area contributed by atoms with E-state index in [0.717, 1.165) is 10.6 Å². The number of allylic oxidation sites excluding steroid dienone is 3. The van der Waals surface area contributed by atoms with Gasteiger partial charge in [-0.1, -0.05) is 23.9 Å². The average molecular weight is 500 g/mol. The number of fused-ring (bicyclic) bond motifs is 1. The van der Waals surface area contributed by atoms with Crippen LogP contribution < -0.4 is 11.1 Å². The molecule has 0 unspecified atom stereocenters. The van der Waals surface area contributed by atoms with Crippen molar-refractivity contribution in [3.8, 4) is 0 Å². The van der Waals surface area contributed by atoms with Crippen LogP contribution in [0.25, 0.3) is 0 Å². The van der Waals surface area contributed by atoms with Gasteiger partial charge in [0.15, 0.2) is 0 Å². The third kappa shape index (κ3) is 6.89. The fourth-order valence-corrected chi connectivity index (χ4v) is 6.66. The molecule has 2 aromatic carbocycles. The van der Waals surface area contributed by atoms with Crippen molar-refractivity contribution in [2.45, 2.75) is 36.3 Å². The van der Waals surface area contributed by atoms with E-state index < -0.39 is 0 Å². The highest BCUT2D eigenvalue weighted by Crippen LogP contribution is 2.45. The highest BCUT2D eigenvalue weighted by molar-refractivity contribution is 8.04. The normalized spacial score (nSPS) is 14.0. The standard InChI is InChI=1S/C13H15NS3.C8H11NS3/c1-4-5-6-13-14-9-7-11(15-2)12(16-3)8-10(9)17-13;1-11-7-4-8(12-2)6(10)3-5(7)9/h4-8,14H,1-3H3;3-4,10H,9H2,1-2H3/p+1/b5-4+,13-6-;. The van der Waals surface area contributed by atoms with Crippen molar-refractivity contribution in [3.05, 3.63) is 47.5 Å². The molecule has 3 rings (SSSR count). The van der Waals surface area contributed by atoms with Gasteiger partial charge in [0.2, 0.25) is 0 Å². The summed E-state index contributed by atoms with van der Waals surface area (Å²) >= 11 is 13.2. The number of nitrogens with one attached hydrogen (secondary N) is 1. The van der Waals surface area contributed by atoms with Gasteiger partial charge in [0, 0.05) is 30.5 Å². The molecule has 156 valence electrons. The molecule has 0 aromatic heterocycles. The Morgan fingerprint density at radius 2 is 1.52 bits per heavy atom. The number of quaternary nitrogens is 1. The maximum atomic E-state index is 4.36. The van der Waals surface area contributed by atoms with Crippen LogP contribution in [-0.2, 0) is 0 Å². The van der Waals surface area contributed by atoms with Crippen LogP contribution >= 0.6 is 71.4 Å². The SMILES string of the molecule is C/C=C/C=C1/Nc2cc(SC)c(SC)cc2S1.CSc1cc(SC)c(S)cc1[NH3+]. The van der Waals surface area contributed by atoms with E-state index in [0.29, 0.717) is 0 Å². The van der Waals surface area contributed by atoms with Crippen molar-refractivity contribution < 1.29 is 5.73 Å². The number of rotatable bonds is 5. The molecule has 0 radical (unpaired) electrons. The van der Waals surface area contributed by atoms with E-state index in [1.54, 1.807) is 47.0 Å². The van der Waals surface area contributed by atoms with E-state index in [2.05, 4.69) is 79.1 Å². The third-order valence-electron chi connectivity index (χ3n) is 3.99. The molecule has 0 amide bonds. The third-order valence-corrected chi connectivity index (χ3v) is 8.80. The lowest BCUT2D eigenvalue weighted by Gasteiger charge is -2.07. The molecule has 0 atom stereocenters. The van der Waals surface area contributed by atoms with E-state index in [1.165, 1.54) is 35.2 Å². The van der Waals surface area contributed by atoms with Crippen molar-refractivity contribution in [1.82, 2.24) is 0 Å². The van der Waals surface area contributed by atoms with Crippen LogP contribution in [0, 0.1) is 0 Å². The largest absolute Gasteiger partial charge is 0.349 e. The molecule has 8 heteroatoms. The van der Waals surface area contributed by atoms with Crippen LogP contribution in [0.5, 0.6) is 0 Å². The van der Waals surface area contributed by atoms with Crippen molar-refractivity contribution in [1.29, 1.82) is 0 Å². The molecule has 1 aliphatic rings. The fourth-order valence-electron chi connectivity index (χ4n) is 2.52. The highest BCUT2D eigenvalue weighted by atomic mass is 32.2. The topological polar surface area (TPSA) is 39.7 Å². The second kappa shape index (κ2) is 12.6. The van der Waals surface area contributed by atoms with E-state index >= 15 is 0 Å². The second-order valence-electron chi connectivity index (χ2n) is 5.82. The molecule has 2 nitrogen and oxygen atoms in total. The van der Waals surface area contributed by atoms with Crippen molar-refractivity contribution in [2.24, 2.45) is 0 Å². The molecule has 0 saturated heterocycles. The first-order chi connectivity index (χ1) is 14.0. The Kier molecular flexibility index (Phi) is 10.9. The van der Waals surface area contributed by atoms with Gasteiger partial charge in [0.25, 0.3) is 0 Å². The molecule has 29 heavy (non-hydrogen) atoms. The van der Waals surface area contributed by atoms with E-state index in [4.69, 9.17) is 0 Å². The van der Waals surface area contributed by atoms with Gasteiger partial charge in [-0.3, -0.25) is 0 Å². The first-order valence-corrected chi connectivity index (χ1v) is 14.9. The first kappa shape index (κ1) is 25.0. The van der Waals surface area contributed by atoms with Gasteiger partial charge in [0.05, 0.1) is 15.6 Å². The predicted octanol–water partition coefficient (Wildman–Crippen LogP) is 7.36. The number of anilines is 1. The van der Waals surface area contributed by atoms with Gasteiger partial charge in [-0.2, -0.15) is 0 Å². The van der Waals surface area contributed by atoms with Crippen LogP contribution in [0.3, 0.4) is 0 Å². The van der Waals surface area contributed by atoms with Gasteiger partial charge in [-0.05, 0) is 56.2 Å². The molecule has 0 saturated carbocycles. The summed E-state index contributed by atoms with van der Waals surface area (Å²) in [4.78, 5) is 7.50. The Morgan fingerprint density at radius 3 is 2.10 bits per heavy atom. The average Bonchev–Trinajstić information content (AvgIpc) is 3.13. The molecule has 1 aliphatic heterocycles. The molecular weight excluding hydrogens is 473 g/mol. The zero-order valence-electron chi connectivity index (χ0n) is 17.2. The predicted molar refractivity (Wildman–Crippen MR) is 142 cm³/mol. The molecule has 0 fully saturated rings. The molecule has 2 aromatic rings. The monoisotopic (exact) mass is 499 g/mol. The summed E-state index contributed by atoms with van der Waals surface area (Å²) in [7, 11) is 0. The van der Waals surface area contributed by atoms with Gasteiger partial charge < -0.3 is 11.1 Å². The maximum absolute atomic E-state index is 4.36. The summed E-state index contributed by atoms with van der Waals surface area (Å²) in [6.45, 7) is 2.03. The summed E-state index contributed by atoms with van der Waals surface area (Å²) in [6.07, 6.45) is 14.6. The minimum absolute atomic E-state index is 1.02. The minimum atomic E-state index is 1.02. The molecule has 4 N–H and O–H groups in total. The Hall–Kier alpha value is -0.220. The van der Waals surface area contributed by atoms with E-state index in [1.807, 2.05) is 30.8 Å². The molecular formula is C21H27N2S6+. The number of thioether (sulfide) groups is 5. The fraction of sp³-hybridized carbons (Fsp3) is 0.238. The quantitative estimate of drug-likeness (QED) is 0.295. The van der Waals surface area contributed by atoms with Gasteiger partial charge in [-0.15, -0.1) is 59.7 Å². The van der Waals surface area contributed by atoms with Gasteiger partial charge in [0.1, 0.15) is 5.69 Å². The van der Waals surface area contributed by atoms with E-state index in [-0.39, 0.29) is 0 Å². The Balaban J connectivity index is 0.000000221. The van der Waals surface area contributed by atoms with Crippen LogP contribution in [0.1, 0.15) is 6.92 Å². The second-order valence-corrected chi connectivity index (χ2v) is 10.8. The summed E-state index contributed by atoms with van der Waals surface area (Å²) in [5, 5.41) is 4.64. The van der Waals surface area contributed by atoms with Crippen molar-refractivity contribution in [2.75, 3.05) is 30.3 Å². The lowest BCUT2D eigenvalue weighted by atomic mass is 10.3. The Labute approximate surface area is 201 Å². The number of thiol groups is 1. The molecule has 0 bridgehead atoms. The Bertz CT molecular complexity index is 848. The molecule has 1 heterocycles. The van der Waals surface area contributed by atoms with Crippen LogP contribution in [0.2, 0.25) is 0 Å². The lowest BCUT2D eigenvalue weighted by Crippen LogP contribution is -2.40. The zero-order chi connectivity index (χ0) is 21.4. The summed E-state index contributed by atoms with van der Waals surface area (Å²) in [5.74, 6) is 0. The molecule has 0 spiro atoms. The maximum Gasteiger partial charge on any atom is 0.142 e. The smallest absolute Gasteiger partial charge is 0.142 e. The lowest BCUT2D eigenvalue weighted by molar-refractivity contribution is -0.258. The number of hydrogen-bond donors (Lipinski definition) is 3. The van der Waals surface area contributed by atoms with Crippen LogP contribution in [0.15, 0.2) is 76.9 Å². The van der Waals surface area contributed by atoms with Gasteiger partial charge in [-0.25, -0.2) is 0 Å². The zero-order valence-corrected chi connectivity index (χ0v) is 22.2. The number of hydrogen-bond acceptors (Lipinski definition) is 7. The van der Waals surface area contributed by atoms with Gasteiger partial charge >= 0.3 is 0 Å². The number of benzene rings is 2. The van der Waals surface area contributed by atoms with E-state index in [9.17, 15) is 0 Å². The first-order valence-electron chi connectivity index (χ1n) is 8.78. The van der Waals surface area contributed by atoms with Crippen LogP contribution in [0.4, 0.5) is 11.4 Å². The summed E-state index contributed by atoms with van der Waals surface area (Å²) in [6, 6.07) is 8.68. The van der Waals surface area contributed by atoms with Crippen LogP contribution in [-0.4, -0.2) is 25.0 Å². The highest BCUT2D eigenvalue weighted by Gasteiger charge is 2.17. The van der Waals surface area contributed by atoms with Crippen molar-refractivity contribution in [3.63, 3.8) is 0 Å². The summed E-state index contributed by atoms with van der Waals surface area (Å²) < 4.78 is 0. The molecule has 0 aliphatic carbocycles. The summed E-state index contributed by atoms with van der Waals surface area (Å²) in [5.41, 5.74) is 6.24. The minimum Gasteiger partial charge on any atom is -0.349 e. The van der Waals surface area contributed by atoms with Crippen molar-refractivity contribution >= 4 is 82.8 Å². The Morgan fingerprint density at radius 1 is 0.897 bits per heavy atom.